The second-order valence-electron chi connectivity index (χ2n) is 7.55. The summed E-state index contributed by atoms with van der Waals surface area (Å²) in [4.78, 5) is 13.6. The van der Waals surface area contributed by atoms with Crippen LogP contribution in [0.1, 0.15) is 17.0 Å². The first kappa shape index (κ1) is 15.3. The maximum Gasteiger partial charge on any atom is 0.134 e. The molecule has 2 fully saturated rings. The van der Waals surface area contributed by atoms with Crippen molar-refractivity contribution in [2.75, 3.05) is 37.7 Å². The van der Waals surface area contributed by atoms with E-state index in [1.165, 1.54) is 17.0 Å². The minimum absolute atomic E-state index is 0.700. The number of hydrogen-bond acceptors (Lipinski definition) is 6. The maximum atomic E-state index is 5.51. The SMILES string of the molecule is Cc1cncnc1N1CC2CN(Cc3cc4n(n3)CCOC4)CC2C1. The summed E-state index contributed by atoms with van der Waals surface area (Å²) in [6.07, 6.45) is 3.57. The van der Waals surface area contributed by atoms with E-state index >= 15 is 0 Å². The zero-order chi connectivity index (χ0) is 16.8. The van der Waals surface area contributed by atoms with Crippen molar-refractivity contribution in [3.05, 3.63) is 35.5 Å². The molecule has 7 nitrogen and oxygen atoms in total. The summed E-state index contributed by atoms with van der Waals surface area (Å²) in [6, 6.07) is 2.21. The highest BCUT2D eigenvalue weighted by Gasteiger charge is 2.40. The van der Waals surface area contributed by atoms with Crippen molar-refractivity contribution in [1.82, 2.24) is 24.6 Å². The van der Waals surface area contributed by atoms with Crippen molar-refractivity contribution < 1.29 is 4.74 Å². The molecular weight excluding hydrogens is 316 g/mol. The Morgan fingerprint density at radius 2 is 2.04 bits per heavy atom. The monoisotopic (exact) mass is 340 g/mol. The van der Waals surface area contributed by atoms with Gasteiger partial charge in [-0.05, 0) is 24.8 Å². The highest BCUT2D eigenvalue weighted by molar-refractivity contribution is 5.46. The summed E-state index contributed by atoms with van der Waals surface area (Å²) in [5.41, 5.74) is 3.57. The number of aryl methyl sites for hydroxylation is 1. The molecule has 25 heavy (non-hydrogen) atoms. The van der Waals surface area contributed by atoms with Crippen LogP contribution >= 0.6 is 0 Å². The minimum atomic E-state index is 0.700. The molecule has 7 heteroatoms. The molecule has 2 unspecified atom stereocenters. The fraction of sp³-hybridized carbons (Fsp3) is 0.611. The van der Waals surface area contributed by atoms with Gasteiger partial charge >= 0.3 is 0 Å². The maximum absolute atomic E-state index is 5.51. The summed E-state index contributed by atoms with van der Waals surface area (Å²) in [7, 11) is 0. The van der Waals surface area contributed by atoms with Crippen molar-refractivity contribution in [1.29, 1.82) is 0 Å². The van der Waals surface area contributed by atoms with Crippen molar-refractivity contribution >= 4 is 5.82 Å². The lowest BCUT2D eigenvalue weighted by Crippen LogP contribution is -2.29. The lowest BCUT2D eigenvalue weighted by atomic mass is 10.0. The molecule has 0 radical (unpaired) electrons. The first-order chi connectivity index (χ1) is 12.3. The molecular formula is C18H24N6O. The van der Waals surface area contributed by atoms with Gasteiger partial charge in [0.15, 0.2) is 0 Å². The third-order valence-corrected chi connectivity index (χ3v) is 5.73. The van der Waals surface area contributed by atoms with Gasteiger partial charge < -0.3 is 9.64 Å². The smallest absolute Gasteiger partial charge is 0.134 e. The van der Waals surface area contributed by atoms with Crippen LogP contribution in [0.3, 0.4) is 0 Å². The number of aromatic nitrogens is 4. The molecule has 2 aromatic heterocycles. The van der Waals surface area contributed by atoms with E-state index in [1.807, 2.05) is 6.20 Å². The average molecular weight is 340 g/mol. The van der Waals surface area contributed by atoms with Gasteiger partial charge in [-0.3, -0.25) is 9.58 Å². The molecule has 2 aromatic rings. The normalized spacial score (nSPS) is 26.0. The van der Waals surface area contributed by atoms with E-state index < -0.39 is 0 Å². The van der Waals surface area contributed by atoms with E-state index in [0.717, 1.165) is 63.5 Å². The number of hydrogen-bond donors (Lipinski definition) is 0. The van der Waals surface area contributed by atoms with Crippen LogP contribution in [0.4, 0.5) is 5.82 Å². The first-order valence-corrected chi connectivity index (χ1v) is 9.13. The molecule has 3 aliphatic heterocycles. The Bertz CT molecular complexity index is 737. The quantitative estimate of drug-likeness (QED) is 0.833. The topological polar surface area (TPSA) is 59.3 Å². The third-order valence-electron chi connectivity index (χ3n) is 5.73. The minimum Gasteiger partial charge on any atom is -0.373 e. The third kappa shape index (κ3) is 2.81. The summed E-state index contributed by atoms with van der Waals surface area (Å²) in [6.45, 7) is 9.94. The molecule has 0 spiro atoms. The molecule has 0 aliphatic carbocycles. The Hall–Kier alpha value is -1.99. The Morgan fingerprint density at radius 3 is 2.80 bits per heavy atom. The van der Waals surface area contributed by atoms with Crippen LogP contribution in [0.25, 0.3) is 0 Å². The number of rotatable bonds is 3. The van der Waals surface area contributed by atoms with E-state index in [9.17, 15) is 0 Å². The van der Waals surface area contributed by atoms with Crippen molar-refractivity contribution in [3.63, 3.8) is 0 Å². The zero-order valence-corrected chi connectivity index (χ0v) is 14.6. The van der Waals surface area contributed by atoms with E-state index in [1.54, 1.807) is 6.33 Å². The second-order valence-corrected chi connectivity index (χ2v) is 7.55. The average Bonchev–Trinajstić information content (AvgIpc) is 3.27. The largest absolute Gasteiger partial charge is 0.373 e. The van der Waals surface area contributed by atoms with E-state index in [2.05, 4.69) is 37.4 Å². The lowest BCUT2D eigenvalue weighted by molar-refractivity contribution is 0.0799. The Balaban J connectivity index is 1.22. The summed E-state index contributed by atoms with van der Waals surface area (Å²) < 4.78 is 7.62. The highest BCUT2D eigenvalue weighted by Crippen LogP contribution is 2.34. The highest BCUT2D eigenvalue weighted by atomic mass is 16.5. The zero-order valence-electron chi connectivity index (χ0n) is 14.6. The molecule has 5 rings (SSSR count). The fourth-order valence-electron chi connectivity index (χ4n) is 4.57. The van der Waals surface area contributed by atoms with Crippen molar-refractivity contribution in [2.24, 2.45) is 11.8 Å². The van der Waals surface area contributed by atoms with Gasteiger partial charge in [0.1, 0.15) is 12.1 Å². The van der Waals surface area contributed by atoms with Crippen LogP contribution < -0.4 is 4.90 Å². The lowest BCUT2D eigenvalue weighted by Gasteiger charge is -2.22. The number of ether oxygens (including phenoxy) is 1. The predicted molar refractivity (Wildman–Crippen MR) is 93.1 cm³/mol. The summed E-state index contributed by atoms with van der Waals surface area (Å²) in [5, 5.41) is 4.75. The van der Waals surface area contributed by atoms with Crippen LogP contribution in [-0.4, -0.2) is 57.4 Å². The van der Waals surface area contributed by atoms with Crippen LogP contribution in [0.15, 0.2) is 18.6 Å². The number of likely N-dealkylation sites (tertiary alicyclic amines) is 1. The van der Waals surface area contributed by atoms with Gasteiger partial charge in [0.05, 0.1) is 31.1 Å². The van der Waals surface area contributed by atoms with Gasteiger partial charge in [-0.2, -0.15) is 5.10 Å². The molecule has 3 aliphatic rings. The number of nitrogens with zero attached hydrogens (tertiary/aromatic N) is 6. The molecule has 0 amide bonds. The Kier molecular flexibility index (Phi) is 3.71. The van der Waals surface area contributed by atoms with Crippen LogP contribution in [0, 0.1) is 18.8 Å². The van der Waals surface area contributed by atoms with E-state index in [-0.39, 0.29) is 0 Å². The molecule has 0 N–H and O–H groups in total. The van der Waals surface area contributed by atoms with Crippen molar-refractivity contribution in [3.8, 4) is 0 Å². The van der Waals surface area contributed by atoms with Gasteiger partial charge in [0.2, 0.25) is 0 Å². The number of anilines is 1. The summed E-state index contributed by atoms with van der Waals surface area (Å²) in [5.74, 6) is 2.57. The Morgan fingerprint density at radius 1 is 1.20 bits per heavy atom. The molecule has 0 saturated carbocycles. The van der Waals surface area contributed by atoms with Gasteiger partial charge in [-0.25, -0.2) is 9.97 Å². The summed E-state index contributed by atoms with van der Waals surface area (Å²) >= 11 is 0. The fourth-order valence-corrected chi connectivity index (χ4v) is 4.57. The van der Waals surface area contributed by atoms with Crippen LogP contribution in [-0.2, 0) is 24.4 Å². The van der Waals surface area contributed by atoms with E-state index in [4.69, 9.17) is 9.84 Å². The molecule has 2 saturated heterocycles. The van der Waals surface area contributed by atoms with Crippen LogP contribution in [0.2, 0.25) is 0 Å². The standard InChI is InChI=1S/C18H24N6O/c1-13-5-19-12-20-18(13)23-8-14-6-22(7-15(14)9-23)10-16-4-17-11-25-3-2-24(17)21-16/h4-5,12,14-15H,2-3,6-11H2,1H3. The van der Waals surface area contributed by atoms with Gasteiger partial charge in [-0.1, -0.05) is 0 Å². The number of fused-ring (bicyclic) bond motifs is 2. The van der Waals surface area contributed by atoms with Gasteiger partial charge in [-0.15, -0.1) is 0 Å². The molecule has 0 aromatic carbocycles. The Labute approximate surface area is 147 Å². The first-order valence-electron chi connectivity index (χ1n) is 9.13. The van der Waals surface area contributed by atoms with Gasteiger partial charge in [0, 0.05) is 44.5 Å². The van der Waals surface area contributed by atoms with Crippen molar-refractivity contribution in [2.45, 2.75) is 26.6 Å². The second kappa shape index (κ2) is 6.07. The molecule has 132 valence electrons. The predicted octanol–water partition coefficient (Wildman–Crippen LogP) is 1.08. The van der Waals surface area contributed by atoms with Gasteiger partial charge in [0.25, 0.3) is 0 Å². The molecule has 5 heterocycles. The molecule has 2 atom stereocenters. The molecule has 0 bridgehead atoms. The van der Waals surface area contributed by atoms with Crippen LogP contribution in [0.5, 0.6) is 0 Å². The van der Waals surface area contributed by atoms with E-state index in [0.29, 0.717) is 6.61 Å².